The van der Waals surface area contributed by atoms with Crippen LogP contribution in [0.15, 0.2) is 58.6 Å². The first-order valence-corrected chi connectivity index (χ1v) is 13.2. The molecule has 1 heterocycles. The number of hydrogen-bond acceptors (Lipinski definition) is 4. The van der Waals surface area contributed by atoms with E-state index < -0.39 is 23.5 Å². The summed E-state index contributed by atoms with van der Waals surface area (Å²) in [4.78, 5) is 30.1. The predicted molar refractivity (Wildman–Crippen MR) is 140 cm³/mol. The summed E-state index contributed by atoms with van der Waals surface area (Å²) >= 11 is 3.36. The Kier molecular flexibility index (Phi) is 10.0. The average molecular weight is 545 g/mol. The van der Waals surface area contributed by atoms with Crippen LogP contribution in [-0.4, -0.2) is 52.8 Å². The van der Waals surface area contributed by atoms with E-state index >= 15 is 0 Å². The number of amides is 1. The minimum atomic E-state index is -0.839. The van der Waals surface area contributed by atoms with Crippen molar-refractivity contribution in [3.05, 3.63) is 75.5 Å². The Hall–Kier alpha value is -2.51. The number of ketones is 1. The predicted octanol–water partition coefficient (Wildman–Crippen LogP) is 6.30. The van der Waals surface area contributed by atoms with Crippen LogP contribution < -0.4 is 0 Å². The summed E-state index contributed by atoms with van der Waals surface area (Å²) in [7, 11) is 0. The normalized spacial score (nSPS) is 17.5. The second kappa shape index (κ2) is 13.0. The maximum atomic E-state index is 14.2. The second-order valence-corrected chi connectivity index (χ2v) is 9.87. The molecule has 1 atom stereocenters. The largest absolute Gasteiger partial charge is 0.507 e. The van der Waals surface area contributed by atoms with Gasteiger partial charge >= 0.3 is 0 Å². The molecule has 35 heavy (non-hydrogen) atoms. The summed E-state index contributed by atoms with van der Waals surface area (Å²) < 4.78 is 15.0. The minimum Gasteiger partial charge on any atom is -0.507 e. The molecule has 2 aromatic rings. The molecule has 188 valence electrons. The van der Waals surface area contributed by atoms with Crippen molar-refractivity contribution in [2.75, 3.05) is 26.2 Å². The minimum absolute atomic E-state index is 0.00301. The number of aliphatic hydroxyl groups is 1. The van der Waals surface area contributed by atoms with Crippen molar-refractivity contribution < 1.29 is 19.1 Å². The first-order valence-electron chi connectivity index (χ1n) is 12.4. The number of unbranched alkanes of at least 4 members (excludes halogenated alkanes) is 2. The van der Waals surface area contributed by atoms with E-state index in [9.17, 15) is 19.1 Å². The highest BCUT2D eigenvalue weighted by molar-refractivity contribution is 9.10. The van der Waals surface area contributed by atoms with Gasteiger partial charge in [-0.2, -0.15) is 0 Å². The molecular weight excluding hydrogens is 511 g/mol. The van der Waals surface area contributed by atoms with Crippen molar-refractivity contribution in [1.29, 1.82) is 0 Å². The third-order valence-corrected chi connectivity index (χ3v) is 6.88. The highest BCUT2D eigenvalue weighted by Gasteiger charge is 2.45. The van der Waals surface area contributed by atoms with Gasteiger partial charge in [-0.1, -0.05) is 66.9 Å². The van der Waals surface area contributed by atoms with E-state index in [4.69, 9.17) is 0 Å². The molecule has 7 heteroatoms. The Morgan fingerprint density at radius 2 is 1.63 bits per heavy atom. The van der Waals surface area contributed by atoms with E-state index in [1.165, 1.54) is 17.0 Å². The molecule has 1 saturated heterocycles. The number of carbonyl (C=O) groups excluding carboxylic acids is 2. The highest BCUT2D eigenvalue weighted by Crippen LogP contribution is 2.39. The van der Waals surface area contributed by atoms with Crippen LogP contribution in [0.4, 0.5) is 4.39 Å². The topological polar surface area (TPSA) is 60.9 Å². The third-order valence-electron chi connectivity index (χ3n) is 6.35. The average Bonchev–Trinajstić information content (AvgIpc) is 3.10. The van der Waals surface area contributed by atoms with Gasteiger partial charge in [-0.05, 0) is 68.7 Å². The molecule has 1 fully saturated rings. The smallest absolute Gasteiger partial charge is 0.295 e. The molecule has 1 unspecified atom stereocenters. The SMILES string of the molecule is CCCCN(CCCC)CCCN1C(=O)C(=O)/C(=C(\O)c2ccc(Br)cc2)C1c1cccc(F)c1. The fourth-order valence-corrected chi connectivity index (χ4v) is 4.72. The Morgan fingerprint density at radius 1 is 1.00 bits per heavy atom. The van der Waals surface area contributed by atoms with Crippen LogP contribution in [0.3, 0.4) is 0 Å². The summed E-state index contributed by atoms with van der Waals surface area (Å²) in [6.45, 7) is 7.51. The molecule has 3 rings (SSSR count). The van der Waals surface area contributed by atoms with Gasteiger partial charge in [0.1, 0.15) is 11.6 Å². The lowest BCUT2D eigenvalue weighted by molar-refractivity contribution is -0.140. The van der Waals surface area contributed by atoms with E-state index in [2.05, 4.69) is 34.7 Å². The van der Waals surface area contributed by atoms with E-state index in [-0.39, 0.29) is 11.3 Å². The van der Waals surface area contributed by atoms with Crippen LogP contribution in [0.5, 0.6) is 0 Å². The van der Waals surface area contributed by atoms with Crippen LogP contribution >= 0.6 is 15.9 Å². The fourth-order valence-electron chi connectivity index (χ4n) is 4.46. The van der Waals surface area contributed by atoms with Gasteiger partial charge in [-0.25, -0.2) is 4.39 Å². The lowest BCUT2D eigenvalue weighted by atomic mass is 9.95. The molecule has 1 amide bonds. The number of nitrogens with zero attached hydrogens (tertiary/aromatic N) is 2. The van der Waals surface area contributed by atoms with Crippen LogP contribution in [0.25, 0.3) is 5.76 Å². The maximum Gasteiger partial charge on any atom is 0.295 e. The van der Waals surface area contributed by atoms with Crippen LogP contribution in [-0.2, 0) is 9.59 Å². The molecule has 0 radical (unpaired) electrons. The summed E-state index contributed by atoms with van der Waals surface area (Å²) in [6, 6.07) is 11.9. The summed E-state index contributed by atoms with van der Waals surface area (Å²) in [5.74, 6) is -2.11. The molecule has 0 spiro atoms. The van der Waals surface area contributed by atoms with Crippen molar-refractivity contribution in [2.45, 2.75) is 52.0 Å². The van der Waals surface area contributed by atoms with E-state index in [1.54, 1.807) is 36.4 Å². The maximum absolute atomic E-state index is 14.2. The van der Waals surface area contributed by atoms with Crippen molar-refractivity contribution in [2.24, 2.45) is 0 Å². The Labute approximate surface area is 215 Å². The first kappa shape index (κ1) is 27.1. The van der Waals surface area contributed by atoms with Crippen LogP contribution in [0.2, 0.25) is 0 Å². The van der Waals surface area contributed by atoms with Crippen molar-refractivity contribution in [3.8, 4) is 0 Å². The molecule has 0 aromatic heterocycles. The molecular formula is C28H34BrFN2O3. The third kappa shape index (κ3) is 6.79. The Bertz CT molecular complexity index is 1050. The van der Waals surface area contributed by atoms with Crippen molar-refractivity contribution >= 4 is 33.4 Å². The summed E-state index contributed by atoms with van der Waals surface area (Å²) in [5, 5.41) is 11.1. The van der Waals surface area contributed by atoms with Gasteiger partial charge in [0.25, 0.3) is 11.7 Å². The molecule has 5 nitrogen and oxygen atoms in total. The second-order valence-electron chi connectivity index (χ2n) is 8.96. The highest BCUT2D eigenvalue weighted by atomic mass is 79.9. The number of hydrogen-bond donors (Lipinski definition) is 1. The molecule has 0 bridgehead atoms. The van der Waals surface area contributed by atoms with Crippen LogP contribution in [0.1, 0.15) is 63.1 Å². The monoisotopic (exact) mass is 544 g/mol. The molecule has 1 aliphatic heterocycles. The number of Topliss-reactive ketones (excluding diaryl/α,β-unsaturated/α-hetero) is 1. The Balaban J connectivity index is 1.91. The van der Waals surface area contributed by atoms with Gasteiger partial charge in [0.2, 0.25) is 0 Å². The van der Waals surface area contributed by atoms with E-state index in [0.29, 0.717) is 24.1 Å². The standard InChI is InChI=1S/C28H34BrFN2O3/c1-3-5-15-31(16-6-4-2)17-8-18-32-25(21-9-7-10-23(30)19-21)24(27(34)28(32)35)26(33)20-11-13-22(29)14-12-20/h7,9-14,19,25,33H,3-6,8,15-18H2,1-2H3/b26-24-. The molecule has 1 aliphatic rings. The van der Waals surface area contributed by atoms with Gasteiger partial charge in [-0.15, -0.1) is 0 Å². The fraction of sp³-hybridized carbons (Fsp3) is 0.429. The summed E-state index contributed by atoms with van der Waals surface area (Å²) in [6.07, 6.45) is 5.15. The zero-order chi connectivity index (χ0) is 25.4. The molecule has 2 aromatic carbocycles. The number of benzene rings is 2. The lowest BCUT2D eigenvalue weighted by Crippen LogP contribution is -2.34. The summed E-state index contributed by atoms with van der Waals surface area (Å²) in [5.41, 5.74) is 0.895. The van der Waals surface area contributed by atoms with Crippen molar-refractivity contribution in [1.82, 2.24) is 9.80 Å². The number of carbonyl (C=O) groups is 2. The Morgan fingerprint density at radius 3 is 2.23 bits per heavy atom. The number of likely N-dealkylation sites (tertiary alicyclic amines) is 1. The van der Waals surface area contributed by atoms with Gasteiger partial charge in [-0.3, -0.25) is 9.59 Å². The number of rotatable bonds is 12. The number of halogens is 2. The zero-order valence-corrected chi connectivity index (χ0v) is 22.1. The quantitative estimate of drug-likeness (QED) is 0.193. The van der Waals surface area contributed by atoms with Gasteiger partial charge in [0.05, 0.1) is 11.6 Å². The van der Waals surface area contributed by atoms with Gasteiger partial charge < -0.3 is 14.9 Å². The van der Waals surface area contributed by atoms with Crippen molar-refractivity contribution in [3.63, 3.8) is 0 Å². The van der Waals surface area contributed by atoms with Crippen LogP contribution in [0, 0.1) is 5.82 Å². The van der Waals surface area contributed by atoms with E-state index in [1.807, 2.05) is 0 Å². The first-order chi connectivity index (χ1) is 16.9. The molecule has 0 aliphatic carbocycles. The van der Waals surface area contributed by atoms with Gasteiger partial charge in [0.15, 0.2) is 0 Å². The van der Waals surface area contributed by atoms with Gasteiger partial charge in [0, 0.05) is 16.6 Å². The molecule has 0 saturated carbocycles. The lowest BCUT2D eigenvalue weighted by Gasteiger charge is -2.27. The zero-order valence-electron chi connectivity index (χ0n) is 20.5. The molecule has 1 N–H and O–H groups in total. The van der Waals surface area contributed by atoms with E-state index in [0.717, 1.165) is 49.8 Å². The number of aliphatic hydroxyl groups excluding tert-OH is 1.